The molecule has 2 rings (SSSR count). The average molecular weight is 367 g/mol. The molecule has 0 aliphatic carbocycles. The number of rotatable bonds is 9. The molecule has 0 aliphatic heterocycles. The van der Waals surface area contributed by atoms with E-state index in [2.05, 4.69) is 22.8 Å². The van der Waals surface area contributed by atoms with Crippen LogP contribution in [0.3, 0.4) is 0 Å². The number of carbonyl (C=O) groups is 2. The highest BCUT2D eigenvalue weighted by Crippen LogP contribution is 2.18. The maximum absolute atomic E-state index is 12.5. The Morgan fingerprint density at radius 3 is 1.93 bits per heavy atom. The summed E-state index contributed by atoms with van der Waals surface area (Å²) in [5.74, 6) is -0.177. The molecular weight excluding hydrogens is 338 g/mol. The van der Waals surface area contributed by atoms with Crippen molar-refractivity contribution in [2.24, 2.45) is 0 Å². The molecule has 2 amide bonds. The third-order valence-electron chi connectivity index (χ3n) is 4.10. The molecule has 5 heteroatoms. The van der Waals surface area contributed by atoms with Crippen molar-refractivity contribution in [3.05, 3.63) is 71.8 Å². The molecule has 0 fully saturated rings. The van der Waals surface area contributed by atoms with Crippen LogP contribution in [0.2, 0.25) is 0 Å². The fourth-order valence-electron chi connectivity index (χ4n) is 2.94. The summed E-state index contributed by atoms with van der Waals surface area (Å²) in [6, 6.07) is 20.0. The Bertz CT molecular complexity index is 717. The second kappa shape index (κ2) is 10.5. The molecule has 0 aliphatic rings. The first-order valence-electron chi connectivity index (χ1n) is 9.30. The van der Waals surface area contributed by atoms with Gasteiger partial charge in [-0.2, -0.15) is 0 Å². The molecule has 0 saturated heterocycles. The number of hydrogen-bond acceptors (Lipinski definition) is 3. The zero-order valence-corrected chi connectivity index (χ0v) is 16.3. The molecule has 1 unspecified atom stereocenters. The van der Waals surface area contributed by atoms with Gasteiger partial charge in [0, 0.05) is 6.04 Å². The highest BCUT2D eigenvalue weighted by Gasteiger charge is 2.17. The minimum absolute atomic E-state index is 0.0794. The highest BCUT2D eigenvalue weighted by molar-refractivity contribution is 5.81. The summed E-state index contributed by atoms with van der Waals surface area (Å²) in [6.45, 7) is 4.20. The molecular formula is C22H29N3O2. The number of benzene rings is 2. The lowest BCUT2D eigenvalue weighted by Gasteiger charge is -2.22. The zero-order chi connectivity index (χ0) is 19.6. The largest absolute Gasteiger partial charge is 0.353 e. The van der Waals surface area contributed by atoms with Gasteiger partial charge in [-0.15, -0.1) is 0 Å². The standard InChI is InChI=1S/C22H29N3O2/c1-17(2)23-21(26)15-25(3)16-22(27)24-20(19-12-8-5-9-13-19)14-18-10-6-4-7-11-18/h4-13,17,20H,14-16H2,1-3H3,(H,23,26)(H,24,27). The van der Waals surface area contributed by atoms with Gasteiger partial charge >= 0.3 is 0 Å². The number of amides is 2. The van der Waals surface area contributed by atoms with E-state index in [0.29, 0.717) is 6.42 Å². The van der Waals surface area contributed by atoms with Crippen molar-refractivity contribution in [3.8, 4) is 0 Å². The number of likely N-dealkylation sites (N-methyl/N-ethyl adjacent to an activating group) is 1. The molecule has 0 aromatic heterocycles. The Morgan fingerprint density at radius 2 is 1.37 bits per heavy atom. The van der Waals surface area contributed by atoms with Crippen molar-refractivity contribution in [1.29, 1.82) is 0 Å². The summed E-state index contributed by atoms with van der Waals surface area (Å²) >= 11 is 0. The van der Waals surface area contributed by atoms with Crippen molar-refractivity contribution in [2.45, 2.75) is 32.4 Å². The van der Waals surface area contributed by atoms with Crippen molar-refractivity contribution in [2.75, 3.05) is 20.1 Å². The third kappa shape index (κ3) is 7.62. The Hall–Kier alpha value is -2.66. The number of nitrogens with zero attached hydrogens (tertiary/aromatic N) is 1. The second-order valence-electron chi connectivity index (χ2n) is 7.12. The fraction of sp³-hybridized carbons (Fsp3) is 0.364. The number of carbonyl (C=O) groups excluding carboxylic acids is 2. The number of nitrogens with one attached hydrogen (secondary N) is 2. The van der Waals surface area contributed by atoms with Gasteiger partial charge in [-0.1, -0.05) is 60.7 Å². The van der Waals surface area contributed by atoms with Crippen molar-refractivity contribution >= 4 is 11.8 Å². The Kier molecular flexibility index (Phi) is 8.01. The molecule has 1 atom stereocenters. The molecule has 144 valence electrons. The topological polar surface area (TPSA) is 61.4 Å². The molecule has 0 saturated carbocycles. The maximum Gasteiger partial charge on any atom is 0.234 e. The van der Waals surface area contributed by atoms with Gasteiger partial charge in [0.25, 0.3) is 0 Å². The van der Waals surface area contributed by atoms with Crippen LogP contribution in [0.1, 0.15) is 31.0 Å². The van der Waals surface area contributed by atoms with E-state index < -0.39 is 0 Å². The van der Waals surface area contributed by atoms with Crippen LogP contribution >= 0.6 is 0 Å². The summed E-state index contributed by atoms with van der Waals surface area (Å²) in [6.07, 6.45) is 0.716. The maximum atomic E-state index is 12.5. The molecule has 0 bridgehead atoms. The third-order valence-corrected chi connectivity index (χ3v) is 4.10. The van der Waals surface area contributed by atoms with Gasteiger partial charge in [0.2, 0.25) is 11.8 Å². The van der Waals surface area contributed by atoms with Crippen molar-refractivity contribution in [3.63, 3.8) is 0 Å². The molecule has 2 aromatic carbocycles. The van der Waals surface area contributed by atoms with Gasteiger partial charge in [0.15, 0.2) is 0 Å². The van der Waals surface area contributed by atoms with E-state index in [4.69, 9.17) is 0 Å². The fourth-order valence-corrected chi connectivity index (χ4v) is 2.94. The molecule has 2 N–H and O–H groups in total. The molecule has 2 aromatic rings. The van der Waals surface area contributed by atoms with E-state index in [0.717, 1.165) is 11.1 Å². The van der Waals surface area contributed by atoms with E-state index in [1.165, 1.54) is 0 Å². The van der Waals surface area contributed by atoms with Gasteiger partial charge < -0.3 is 10.6 Å². The van der Waals surface area contributed by atoms with Crippen LogP contribution in [0.25, 0.3) is 0 Å². The van der Waals surface area contributed by atoms with Gasteiger partial charge in [-0.3, -0.25) is 14.5 Å². The predicted molar refractivity (Wildman–Crippen MR) is 108 cm³/mol. The first-order chi connectivity index (χ1) is 12.9. The predicted octanol–water partition coefficient (Wildman–Crippen LogP) is 2.54. The molecule has 0 radical (unpaired) electrons. The van der Waals surface area contributed by atoms with Gasteiger partial charge in [0.05, 0.1) is 19.1 Å². The van der Waals surface area contributed by atoms with Crippen LogP contribution in [-0.4, -0.2) is 42.9 Å². The Balaban J connectivity index is 1.98. The van der Waals surface area contributed by atoms with Crippen molar-refractivity contribution < 1.29 is 9.59 Å². The Labute approximate surface area is 161 Å². The minimum atomic E-state index is -0.112. The summed E-state index contributed by atoms with van der Waals surface area (Å²) in [4.78, 5) is 26.1. The first kappa shape index (κ1) is 20.6. The lowest BCUT2D eigenvalue weighted by molar-refractivity contribution is -0.125. The lowest BCUT2D eigenvalue weighted by atomic mass is 9.99. The summed E-state index contributed by atoms with van der Waals surface area (Å²) in [5.41, 5.74) is 2.23. The molecule has 0 spiro atoms. The van der Waals surface area contributed by atoms with Gasteiger partial charge in [-0.05, 0) is 38.4 Å². The summed E-state index contributed by atoms with van der Waals surface area (Å²) in [7, 11) is 1.77. The van der Waals surface area contributed by atoms with Crippen molar-refractivity contribution in [1.82, 2.24) is 15.5 Å². The van der Waals surface area contributed by atoms with Crippen LogP contribution in [0.5, 0.6) is 0 Å². The van der Waals surface area contributed by atoms with E-state index in [1.54, 1.807) is 11.9 Å². The first-order valence-corrected chi connectivity index (χ1v) is 9.30. The van der Waals surface area contributed by atoms with Crippen LogP contribution in [-0.2, 0) is 16.0 Å². The number of hydrogen-bond donors (Lipinski definition) is 2. The van der Waals surface area contributed by atoms with E-state index in [-0.39, 0.29) is 37.0 Å². The van der Waals surface area contributed by atoms with E-state index >= 15 is 0 Å². The lowest BCUT2D eigenvalue weighted by Crippen LogP contribution is -2.43. The average Bonchev–Trinajstić information content (AvgIpc) is 2.61. The molecule has 27 heavy (non-hydrogen) atoms. The minimum Gasteiger partial charge on any atom is -0.353 e. The highest BCUT2D eigenvalue weighted by atomic mass is 16.2. The summed E-state index contributed by atoms with van der Waals surface area (Å²) < 4.78 is 0. The quantitative estimate of drug-likeness (QED) is 0.716. The van der Waals surface area contributed by atoms with Gasteiger partial charge in [-0.25, -0.2) is 0 Å². The van der Waals surface area contributed by atoms with Crippen LogP contribution in [0, 0.1) is 0 Å². The summed E-state index contributed by atoms with van der Waals surface area (Å²) in [5, 5.41) is 5.95. The molecule has 0 heterocycles. The van der Waals surface area contributed by atoms with Crippen LogP contribution < -0.4 is 10.6 Å². The smallest absolute Gasteiger partial charge is 0.234 e. The SMILES string of the molecule is CC(C)NC(=O)CN(C)CC(=O)NC(Cc1ccccc1)c1ccccc1. The van der Waals surface area contributed by atoms with E-state index in [9.17, 15) is 9.59 Å². The monoisotopic (exact) mass is 367 g/mol. The molecule has 5 nitrogen and oxygen atoms in total. The van der Waals surface area contributed by atoms with Crippen LogP contribution in [0.15, 0.2) is 60.7 Å². The Morgan fingerprint density at radius 1 is 0.852 bits per heavy atom. The normalized spacial score (nSPS) is 12.0. The second-order valence-corrected chi connectivity index (χ2v) is 7.12. The van der Waals surface area contributed by atoms with E-state index in [1.807, 2.05) is 62.4 Å². The van der Waals surface area contributed by atoms with Gasteiger partial charge in [0.1, 0.15) is 0 Å². The van der Waals surface area contributed by atoms with Crippen LogP contribution in [0.4, 0.5) is 0 Å². The zero-order valence-electron chi connectivity index (χ0n) is 16.3.